The van der Waals surface area contributed by atoms with Crippen molar-refractivity contribution < 1.29 is 13.2 Å². The molecule has 0 saturated carbocycles. The topological polar surface area (TPSA) is 63.2 Å². The standard InChI is InChI=1S/C12H16ClNO3S/c1-2-8-18(16,17)14-12(15)7-6-10-4-3-5-11(13)9-10/h3-5,9H,2,6-8H2,1H3,(H,14,15). The van der Waals surface area contributed by atoms with Crippen molar-refractivity contribution in [1.82, 2.24) is 4.72 Å². The van der Waals surface area contributed by atoms with Crippen LogP contribution >= 0.6 is 11.6 Å². The van der Waals surface area contributed by atoms with E-state index >= 15 is 0 Å². The summed E-state index contributed by atoms with van der Waals surface area (Å²) in [6.45, 7) is 1.75. The third-order valence-corrected chi connectivity index (χ3v) is 3.99. The van der Waals surface area contributed by atoms with Crippen molar-refractivity contribution in [3.8, 4) is 0 Å². The second-order valence-electron chi connectivity index (χ2n) is 3.97. The number of sulfonamides is 1. The Hall–Kier alpha value is -1.07. The minimum absolute atomic E-state index is 0.0318. The molecule has 0 atom stereocenters. The summed E-state index contributed by atoms with van der Waals surface area (Å²) >= 11 is 5.81. The van der Waals surface area contributed by atoms with Gasteiger partial charge in [-0.25, -0.2) is 8.42 Å². The highest BCUT2D eigenvalue weighted by molar-refractivity contribution is 7.90. The summed E-state index contributed by atoms with van der Waals surface area (Å²) < 4.78 is 24.7. The molecular formula is C12H16ClNO3S. The van der Waals surface area contributed by atoms with Crippen molar-refractivity contribution in [2.45, 2.75) is 26.2 Å². The molecule has 100 valence electrons. The minimum atomic E-state index is -3.47. The lowest BCUT2D eigenvalue weighted by Crippen LogP contribution is -2.32. The average Bonchev–Trinajstić information content (AvgIpc) is 2.25. The van der Waals surface area contributed by atoms with Gasteiger partial charge >= 0.3 is 0 Å². The largest absolute Gasteiger partial charge is 0.274 e. The number of benzene rings is 1. The molecule has 1 aromatic carbocycles. The van der Waals surface area contributed by atoms with Crippen LogP contribution in [0.15, 0.2) is 24.3 Å². The second-order valence-corrected chi connectivity index (χ2v) is 6.25. The van der Waals surface area contributed by atoms with Gasteiger partial charge in [0.25, 0.3) is 0 Å². The van der Waals surface area contributed by atoms with Crippen LogP contribution in [0, 0.1) is 0 Å². The van der Waals surface area contributed by atoms with Crippen molar-refractivity contribution in [2.24, 2.45) is 0 Å². The van der Waals surface area contributed by atoms with Crippen molar-refractivity contribution in [2.75, 3.05) is 5.75 Å². The first kappa shape index (κ1) is 15.0. The molecule has 4 nitrogen and oxygen atoms in total. The van der Waals surface area contributed by atoms with E-state index in [0.717, 1.165) is 5.56 Å². The fourth-order valence-electron chi connectivity index (χ4n) is 1.49. The van der Waals surface area contributed by atoms with E-state index in [9.17, 15) is 13.2 Å². The van der Waals surface area contributed by atoms with E-state index < -0.39 is 15.9 Å². The zero-order valence-electron chi connectivity index (χ0n) is 10.1. The molecule has 0 aliphatic heterocycles. The van der Waals surface area contributed by atoms with Crippen LogP contribution in [0.3, 0.4) is 0 Å². The Balaban J connectivity index is 2.47. The maximum absolute atomic E-state index is 11.5. The molecule has 0 aliphatic carbocycles. The number of carbonyl (C=O) groups is 1. The van der Waals surface area contributed by atoms with E-state index in [1.807, 2.05) is 10.8 Å². The van der Waals surface area contributed by atoms with Gasteiger partial charge in [-0.3, -0.25) is 9.52 Å². The van der Waals surface area contributed by atoms with Crippen LogP contribution in [-0.2, 0) is 21.2 Å². The summed E-state index contributed by atoms with van der Waals surface area (Å²) in [5.41, 5.74) is 0.908. The molecular weight excluding hydrogens is 274 g/mol. The maximum atomic E-state index is 11.5. The van der Waals surface area contributed by atoms with Crippen LogP contribution in [-0.4, -0.2) is 20.1 Å². The molecule has 0 spiro atoms. The van der Waals surface area contributed by atoms with Gasteiger partial charge in [0.2, 0.25) is 15.9 Å². The van der Waals surface area contributed by atoms with Gasteiger partial charge < -0.3 is 0 Å². The first-order valence-electron chi connectivity index (χ1n) is 5.70. The number of hydrogen-bond acceptors (Lipinski definition) is 3. The van der Waals surface area contributed by atoms with Crippen LogP contribution in [0.1, 0.15) is 25.3 Å². The molecule has 0 aliphatic rings. The van der Waals surface area contributed by atoms with Gasteiger partial charge in [-0.05, 0) is 30.5 Å². The molecule has 0 fully saturated rings. The van der Waals surface area contributed by atoms with Crippen LogP contribution in [0.4, 0.5) is 0 Å². The third kappa shape index (κ3) is 5.51. The molecule has 0 unspecified atom stereocenters. The van der Waals surface area contributed by atoms with Gasteiger partial charge in [0, 0.05) is 11.4 Å². The summed E-state index contributed by atoms with van der Waals surface area (Å²) in [6, 6.07) is 7.15. The molecule has 0 saturated heterocycles. The first-order chi connectivity index (χ1) is 8.43. The molecule has 0 bridgehead atoms. The summed E-state index contributed by atoms with van der Waals surface area (Å²) in [7, 11) is -3.47. The Kier molecular flexibility index (Phi) is 5.62. The van der Waals surface area contributed by atoms with Crippen LogP contribution in [0.25, 0.3) is 0 Å². The SMILES string of the molecule is CCCS(=O)(=O)NC(=O)CCc1cccc(Cl)c1. The Morgan fingerprint density at radius 3 is 2.72 bits per heavy atom. The number of hydrogen-bond donors (Lipinski definition) is 1. The van der Waals surface area contributed by atoms with Gasteiger partial charge in [0.1, 0.15) is 0 Å². The van der Waals surface area contributed by atoms with Crippen molar-refractivity contribution in [3.05, 3.63) is 34.9 Å². The average molecular weight is 290 g/mol. The highest BCUT2D eigenvalue weighted by Gasteiger charge is 2.12. The number of amides is 1. The van der Waals surface area contributed by atoms with E-state index in [1.165, 1.54) is 0 Å². The Labute approximate surface area is 112 Å². The lowest BCUT2D eigenvalue weighted by molar-refractivity contribution is -0.119. The highest BCUT2D eigenvalue weighted by atomic mass is 35.5. The van der Waals surface area contributed by atoms with Gasteiger partial charge in [0.15, 0.2) is 0 Å². The summed E-state index contributed by atoms with van der Waals surface area (Å²) in [4.78, 5) is 11.5. The van der Waals surface area contributed by atoms with E-state index in [1.54, 1.807) is 25.1 Å². The van der Waals surface area contributed by atoms with E-state index in [-0.39, 0.29) is 12.2 Å². The molecule has 0 heterocycles. The van der Waals surface area contributed by atoms with Crippen LogP contribution in [0.5, 0.6) is 0 Å². The van der Waals surface area contributed by atoms with Gasteiger partial charge in [-0.1, -0.05) is 30.7 Å². The van der Waals surface area contributed by atoms with Crippen molar-refractivity contribution in [3.63, 3.8) is 0 Å². The molecule has 1 N–H and O–H groups in total. The number of rotatable bonds is 6. The minimum Gasteiger partial charge on any atom is -0.274 e. The normalized spacial score (nSPS) is 11.2. The smallest absolute Gasteiger partial charge is 0.234 e. The van der Waals surface area contributed by atoms with Crippen LogP contribution in [0.2, 0.25) is 5.02 Å². The lowest BCUT2D eigenvalue weighted by atomic mass is 10.1. The van der Waals surface area contributed by atoms with E-state index in [4.69, 9.17) is 11.6 Å². The fraction of sp³-hybridized carbons (Fsp3) is 0.417. The van der Waals surface area contributed by atoms with Crippen molar-refractivity contribution in [1.29, 1.82) is 0 Å². The predicted octanol–water partition coefficient (Wildman–Crippen LogP) is 2.13. The number of aryl methyl sites for hydroxylation is 1. The quantitative estimate of drug-likeness (QED) is 0.872. The van der Waals surface area contributed by atoms with Gasteiger partial charge in [-0.15, -0.1) is 0 Å². The monoisotopic (exact) mass is 289 g/mol. The number of halogens is 1. The molecule has 1 amide bonds. The Morgan fingerprint density at radius 1 is 1.39 bits per heavy atom. The Bertz CT molecular complexity index is 514. The molecule has 1 rings (SSSR count). The fourth-order valence-corrected chi connectivity index (χ4v) is 2.80. The van der Waals surface area contributed by atoms with E-state index in [0.29, 0.717) is 17.9 Å². The molecule has 6 heteroatoms. The summed E-state index contributed by atoms with van der Waals surface area (Å²) in [5.74, 6) is -0.515. The summed E-state index contributed by atoms with van der Waals surface area (Å²) in [5, 5.41) is 0.603. The molecule has 1 aromatic rings. The molecule has 0 aromatic heterocycles. The number of carbonyl (C=O) groups excluding carboxylic acids is 1. The number of nitrogens with one attached hydrogen (secondary N) is 1. The van der Waals surface area contributed by atoms with E-state index in [2.05, 4.69) is 0 Å². The second kappa shape index (κ2) is 6.75. The maximum Gasteiger partial charge on any atom is 0.234 e. The summed E-state index contributed by atoms with van der Waals surface area (Å²) in [6.07, 6.45) is 1.08. The molecule has 0 radical (unpaired) electrons. The van der Waals surface area contributed by atoms with Crippen molar-refractivity contribution >= 4 is 27.5 Å². The first-order valence-corrected chi connectivity index (χ1v) is 7.74. The third-order valence-electron chi connectivity index (χ3n) is 2.27. The Morgan fingerprint density at radius 2 is 2.11 bits per heavy atom. The molecule has 18 heavy (non-hydrogen) atoms. The van der Waals surface area contributed by atoms with Gasteiger partial charge in [-0.2, -0.15) is 0 Å². The highest BCUT2D eigenvalue weighted by Crippen LogP contribution is 2.12. The lowest BCUT2D eigenvalue weighted by Gasteiger charge is -2.05. The predicted molar refractivity (Wildman–Crippen MR) is 72.0 cm³/mol. The zero-order chi connectivity index (χ0) is 13.6. The zero-order valence-corrected chi connectivity index (χ0v) is 11.7. The van der Waals surface area contributed by atoms with Gasteiger partial charge in [0.05, 0.1) is 5.75 Å². The van der Waals surface area contributed by atoms with Crippen LogP contribution < -0.4 is 4.72 Å².